The number of nitrogens with zero attached hydrogens (tertiary/aromatic N) is 1. The van der Waals surface area contributed by atoms with E-state index in [9.17, 15) is 5.11 Å². The molecule has 0 unspecified atom stereocenters. The predicted octanol–water partition coefficient (Wildman–Crippen LogP) is 6.77. The topological polar surface area (TPSA) is 41.9 Å². The molecular formula is C27H32ClNO3S. The summed E-state index contributed by atoms with van der Waals surface area (Å²) < 4.78 is 11.0. The van der Waals surface area contributed by atoms with Gasteiger partial charge in [-0.3, -0.25) is 4.90 Å². The average Bonchev–Trinajstić information content (AvgIpc) is 2.90. The van der Waals surface area contributed by atoms with Crippen molar-refractivity contribution in [2.75, 3.05) is 38.6 Å². The van der Waals surface area contributed by atoms with Crippen LogP contribution in [0.5, 0.6) is 17.2 Å². The van der Waals surface area contributed by atoms with Gasteiger partial charge in [0.1, 0.15) is 23.9 Å². The molecule has 2 aliphatic heterocycles. The number of piperidine rings is 1. The van der Waals surface area contributed by atoms with Gasteiger partial charge in [0.15, 0.2) is 0 Å². The van der Waals surface area contributed by atoms with E-state index < -0.39 is 0 Å². The number of hydrogen-bond acceptors (Lipinski definition) is 5. The van der Waals surface area contributed by atoms with Crippen molar-refractivity contribution in [2.24, 2.45) is 0 Å². The molecule has 1 saturated heterocycles. The van der Waals surface area contributed by atoms with Gasteiger partial charge in [0.2, 0.25) is 0 Å². The highest BCUT2D eigenvalue weighted by Crippen LogP contribution is 2.42. The number of thioether (sulfide) groups is 1. The smallest absolute Gasteiger partial charge is 0.135 e. The average molecular weight is 486 g/mol. The summed E-state index contributed by atoms with van der Waals surface area (Å²) in [4.78, 5) is 3.34. The number of aromatic hydroxyl groups is 1. The van der Waals surface area contributed by atoms with Crippen LogP contribution in [0.15, 0.2) is 83.8 Å². The number of benzene rings is 3. The first-order valence-corrected chi connectivity index (χ1v) is 12.8. The van der Waals surface area contributed by atoms with Crippen molar-refractivity contribution < 1.29 is 14.6 Å². The lowest BCUT2D eigenvalue weighted by molar-refractivity contribution is 0.183. The monoisotopic (exact) mass is 485 g/mol. The molecule has 5 rings (SSSR count). The van der Waals surface area contributed by atoms with Crippen molar-refractivity contribution in [3.63, 3.8) is 0 Å². The number of fused-ring (bicyclic) bond motifs is 1. The highest BCUT2D eigenvalue weighted by molar-refractivity contribution is 7.99. The second-order valence-corrected chi connectivity index (χ2v) is 9.12. The van der Waals surface area contributed by atoms with Crippen LogP contribution in [0.2, 0.25) is 5.02 Å². The maximum absolute atomic E-state index is 9.27. The van der Waals surface area contributed by atoms with E-state index in [-0.39, 0.29) is 5.75 Å². The molecule has 0 amide bonds. The molecule has 2 aliphatic rings. The van der Waals surface area contributed by atoms with E-state index in [1.54, 1.807) is 23.9 Å². The molecule has 0 bridgehead atoms. The van der Waals surface area contributed by atoms with Crippen molar-refractivity contribution >= 4 is 23.4 Å². The Kier molecular flexibility index (Phi) is 11.3. The Morgan fingerprint density at radius 2 is 1.52 bits per heavy atom. The van der Waals surface area contributed by atoms with Crippen LogP contribution in [-0.4, -0.2) is 48.6 Å². The van der Waals surface area contributed by atoms with E-state index in [2.05, 4.69) is 4.90 Å². The molecule has 0 radical (unpaired) electrons. The zero-order valence-corrected chi connectivity index (χ0v) is 20.4. The molecular weight excluding hydrogens is 454 g/mol. The largest absolute Gasteiger partial charge is 0.506 e. The highest BCUT2D eigenvalue weighted by atomic mass is 35.5. The summed E-state index contributed by atoms with van der Waals surface area (Å²) in [5, 5.41) is 9.67. The molecule has 6 heteroatoms. The van der Waals surface area contributed by atoms with Gasteiger partial charge < -0.3 is 14.6 Å². The van der Waals surface area contributed by atoms with Gasteiger partial charge in [0.05, 0.1) is 16.5 Å². The molecule has 0 aromatic heterocycles. The summed E-state index contributed by atoms with van der Waals surface area (Å²) in [5.41, 5.74) is 0. The van der Waals surface area contributed by atoms with Crippen LogP contribution in [-0.2, 0) is 0 Å². The standard InChI is InChI=1S/C13H19NO.C8H7ClO2S.C6H6/c1-3-7-13(8-4-1)15-12-11-14-9-5-2-6-10-14;9-7-5(10)1-2-6-8(7)12-4-3-11-6;1-2-4-6-5-3-1/h1,3-4,7-8H,2,5-6,9-12H2;1-2,10H,3-4H2;1-6H. The molecule has 0 saturated carbocycles. The van der Waals surface area contributed by atoms with E-state index in [0.717, 1.165) is 35.3 Å². The zero-order chi connectivity index (χ0) is 23.1. The minimum atomic E-state index is 0.119. The summed E-state index contributed by atoms with van der Waals surface area (Å²) in [7, 11) is 0. The van der Waals surface area contributed by atoms with E-state index in [4.69, 9.17) is 21.1 Å². The number of halogens is 1. The molecule has 2 heterocycles. The lowest BCUT2D eigenvalue weighted by Gasteiger charge is -2.26. The van der Waals surface area contributed by atoms with Gasteiger partial charge in [-0.15, -0.1) is 11.8 Å². The fourth-order valence-electron chi connectivity index (χ4n) is 3.45. The van der Waals surface area contributed by atoms with Gasteiger partial charge in [-0.05, 0) is 50.2 Å². The fourth-order valence-corrected chi connectivity index (χ4v) is 4.64. The summed E-state index contributed by atoms with van der Waals surface area (Å²) in [5.74, 6) is 2.76. The SMILES string of the molecule is Oc1ccc2c(c1Cl)SCCO2.c1ccc(OCCN2CCCCC2)cc1.c1ccccc1. The Bertz CT molecular complexity index is 895. The molecule has 176 valence electrons. The van der Waals surface area contributed by atoms with Gasteiger partial charge in [-0.25, -0.2) is 0 Å². The van der Waals surface area contributed by atoms with Crippen LogP contribution in [0.3, 0.4) is 0 Å². The number of phenols is 1. The molecule has 0 atom stereocenters. The maximum Gasteiger partial charge on any atom is 0.135 e. The summed E-state index contributed by atoms with van der Waals surface area (Å²) in [6, 6.07) is 25.3. The lowest BCUT2D eigenvalue weighted by Crippen LogP contribution is -2.33. The highest BCUT2D eigenvalue weighted by Gasteiger charge is 2.16. The number of phenolic OH excluding ortho intramolecular Hbond substituents is 1. The Morgan fingerprint density at radius 3 is 2.18 bits per heavy atom. The molecule has 33 heavy (non-hydrogen) atoms. The van der Waals surface area contributed by atoms with Crippen molar-refractivity contribution in [3.05, 3.63) is 83.9 Å². The summed E-state index contributed by atoms with van der Waals surface area (Å²) >= 11 is 7.47. The summed E-state index contributed by atoms with van der Waals surface area (Å²) in [6.45, 7) is 5.08. The van der Waals surface area contributed by atoms with Crippen molar-refractivity contribution in [1.82, 2.24) is 4.90 Å². The first kappa shape index (κ1) is 25.3. The second kappa shape index (κ2) is 14.7. The first-order valence-electron chi connectivity index (χ1n) is 11.4. The van der Waals surface area contributed by atoms with E-state index in [1.807, 2.05) is 66.7 Å². The van der Waals surface area contributed by atoms with E-state index in [1.165, 1.54) is 32.4 Å². The predicted molar refractivity (Wildman–Crippen MR) is 138 cm³/mol. The maximum atomic E-state index is 9.27. The van der Waals surface area contributed by atoms with Gasteiger partial charge in [-0.1, -0.05) is 72.6 Å². The third-order valence-corrected chi connectivity index (χ3v) is 6.72. The van der Waals surface area contributed by atoms with E-state index >= 15 is 0 Å². The second-order valence-electron chi connectivity index (χ2n) is 7.64. The lowest BCUT2D eigenvalue weighted by atomic mass is 10.1. The van der Waals surface area contributed by atoms with Crippen molar-refractivity contribution in [3.8, 4) is 17.2 Å². The number of rotatable bonds is 4. The van der Waals surface area contributed by atoms with Crippen LogP contribution in [0, 0.1) is 0 Å². The van der Waals surface area contributed by atoms with Gasteiger partial charge in [0, 0.05) is 12.3 Å². The number of ether oxygens (including phenoxy) is 2. The third-order valence-electron chi connectivity index (χ3n) is 5.16. The van der Waals surface area contributed by atoms with Gasteiger partial charge in [0.25, 0.3) is 0 Å². The minimum absolute atomic E-state index is 0.119. The third kappa shape index (κ3) is 9.20. The van der Waals surface area contributed by atoms with Crippen LogP contribution in [0.1, 0.15) is 19.3 Å². The zero-order valence-electron chi connectivity index (χ0n) is 18.9. The number of hydrogen-bond donors (Lipinski definition) is 1. The molecule has 0 spiro atoms. The van der Waals surface area contributed by atoms with Crippen molar-refractivity contribution in [1.29, 1.82) is 0 Å². The first-order chi connectivity index (χ1) is 16.2. The molecule has 1 fully saturated rings. The Labute approximate surface area is 206 Å². The number of likely N-dealkylation sites (tertiary alicyclic amines) is 1. The Hall–Kier alpha value is -2.34. The minimum Gasteiger partial charge on any atom is -0.506 e. The molecule has 3 aromatic carbocycles. The fraction of sp³-hybridized carbons (Fsp3) is 0.333. The molecule has 4 nitrogen and oxygen atoms in total. The normalized spacial score (nSPS) is 14.9. The molecule has 3 aromatic rings. The van der Waals surface area contributed by atoms with Crippen LogP contribution in [0.25, 0.3) is 0 Å². The molecule has 1 N–H and O–H groups in total. The van der Waals surface area contributed by atoms with Crippen LogP contribution in [0.4, 0.5) is 0 Å². The van der Waals surface area contributed by atoms with Crippen LogP contribution < -0.4 is 9.47 Å². The number of para-hydroxylation sites is 1. The van der Waals surface area contributed by atoms with E-state index in [0.29, 0.717) is 11.6 Å². The van der Waals surface area contributed by atoms with Gasteiger partial charge >= 0.3 is 0 Å². The van der Waals surface area contributed by atoms with Gasteiger partial charge in [-0.2, -0.15) is 0 Å². The van der Waals surface area contributed by atoms with Crippen molar-refractivity contribution in [2.45, 2.75) is 24.2 Å². The quantitative estimate of drug-likeness (QED) is 0.441. The van der Waals surface area contributed by atoms with Crippen LogP contribution >= 0.6 is 23.4 Å². The summed E-state index contributed by atoms with van der Waals surface area (Å²) in [6.07, 6.45) is 4.10. The molecule has 0 aliphatic carbocycles. The Balaban J connectivity index is 0.000000151. The Morgan fingerprint density at radius 1 is 0.879 bits per heavy atom.